The van der Waals surface area contributed by atoms with Crippen molar-refractivity contribution in [3.8, 4) is 0 Å². The molecule has 2 saturated carbocycles. The Balaban J connectivity index is 2.13. The van der Waals surface area contributed by atoms with Gasteiger partial charge in [0.15, 0.2) is 9.84 Å². The maximum atomic E-state index is 12.0. The third-order valence-electron chi connectivity index (χ3n) is 3.42. The third-order valence-corrected chi connectivity index (χ3v) is 7.89. The zero-order valence-electron chi connectivity index (χ0n) is 7.79. The summed E-state index contributed by atoms with van der Waals surface area (Å²) >= 11 is 3.33. The molecule has 0 aromatic heterocycles. The number of hydrogen-bond donors (Lipinski definition) is 0. The Hall–Kier alpha value is 0.430. The molecule has 0 heterocycles. The standard InChI is InChI=1S/C9H15BrO2S/c1-7-4-8(5-7)13(11,12)9(6-10)2-3-9/h7-8H,2-6H2,1H3. The molecule has 0 aromatic carbocycles. The lowest BCUT2D eigenvalue weighted by atomic mass is 9.87. The van der Waals surface area contributed by atoms with E-state index in [1.807, 2.05) is 0 Å². The van der Waals surface area contributed by atoms with Crippen LogP contribution in [0.1, 0.15) is 32.6 Å². The predicted molar refractivity (Wildman–Crippen MR) is 56.9 cm³/mol. The highest BCUT2D eigenvalue weighted by Gasteiger charge is 2.57. The van der Waals surface area contributed by atoms with Gasteiger partial charge in [-0.15, -0.1) is 0 Å². The van der Waals surface area contributed by atoms with Crippen molar-refractivity contribution in [3.63, 3.8) is 0 Å². The van der Waals surface area contributed by atoms with Crippen molar-refractivity contribution < 1.29 is 8.42 Å². The Morgan fingerprint density at radius 3 is 2.23 bits per heavy atom. The van der Waals surface area contributed by atoms with Crippen molar-refractivity contribution in [1.29, 1.82) is 0 Å². The fraction of sp³-hybridized carbons (Fsp3) is 1.00. The minimum atomic E-state index is -2.82. The second-order valence-electron chi connectivity index (χ2n) is 4.56. The first kappa shape index (κ1) is 9.97. The minimum Gasteiger partial charge on any atom is -0.228 e. The van der Waals surface area contributed by atoms with Crippen molar-refractivity contribution in [2.24, 2.45) is 5.92 Å². The molecule has 0 amide bonds. The molecule has 2 rings (SSSR count). The van der Waals surface area contributed by atoms with Gasteiger partial charge in [0.2, 0.25) is 0 Å². The van der Waals surface area contributed by atoms with Gasteiger partial charge < -0.3 is 0 Å². The Bertz CT molecular complexity index is 300. The third kappa shape index (κ3) is 1.37. The highest BCUT2D eigenvalue weighted by Crippen LogP contribution is 2.50. The van der Waals surface area contributed by atoms with Gasteiger partial charge in [-0.2, -0.15) is 0 Å². The van der Waals surface area contributed by atoms with Crippen LogP contribution in [-0.4, -0.2) is 23.7 Å². The predicted octanol–water partition coefficient (Wildman–Crippen LogP) is 2.13. The van der Waals surface area contributed by atoms with Crippen molar-refractivity contribution in [2.75, 3.05) is 5.33 Å². The summed E-state index contributed by atoms with van der Waals surface area (Å²) in [6.45, 7) is 2.12. The van der Waals surface area contributed by atoms with Crippen LogP contribution in [0.15, 0.2) is 0 Å². The number of alkyl halides is 1. The monoisotopic (exact) mass is 266 g/mol. The summed E-state index contributed by atoms with van der Waals surface area (Å²) in [5.74, 6) is 0.617. The summed E-state index contributed by atoms with van der Waals surface area (Å²) in [4.78, 5) is 0. The molecule has 0 radical (unpaired) electrons. The van der Waals surface area contributed by atoms with Crippen LogP contribution in [0.3, 0.4) is 0 Å². The summed E-state index contributed by atoms with van der Waals surface area (Å²) in [6, 6.07) is 0. The number of hydrogen-bond acceptors (Lipinski definition) is 2. The van der Waals surface area contributed by atoms with E-state index in [2.05, 4.69) is 22.9 Å². The largest absolute Gasteiger partial charge is 0.228 e. The first-order valence-electron chi connectivity index (χ1n) is 4.81. The summed E-state index contributed by atoms with van der Waals surface area (Å²) in [7, 11) is -2.82. The van der Waals surface area contributed by atoms with E-state index in [4.69, 9.17) is 0 Å². The summed E-state index contributed by atoms with van der Waals surface area (Å²) in [6.07, 6.45) is 3.51. The van der Waals surface area contributed by atoms with Gasteiger partial charge in [0.05, 0.1) is 10.00 Å². The molecular weight excluding hydrogens is 252 g/mol. The van der Waals surface area contributed by atoms with Gasteiger partial charge in [-0.25, -0.2) is 8.42 Å². The van der Waals surface area contributed by atoms with E-state index in [1.54, 1.807) is 0 Å². The summed E-state index contributed by atoms with van der Waals surface area (Å²) < 4.78 is 23.7. The van der Waals surface area contributed by atoms with E-state index in [0.717, 1.165) is 25.7 Å². The van der Waals surface area contributed by atoms with Gasteiger partial charge >= 0.3 is 0 Å². The molecule has 2 nitrogen and oxygen atoms in total. The topological polar surface area (TPSA) is 34.1 Å². The zero-order chi connectivity index (χ0) is 9.69. The Labute approximate surface area is 88.1 Å². The fourth-order valence-corrected chi connectivity index (χ4v) is 6.28. The molecule has 0 aromatic rings. The van der Waals surface area contributed by atoms with Crippen LogP contribution in [0, 0.1) is 5.92 Å². The summed E-state index contributed by atoms with van der Waals surface area (Å²) in [5.41, 5.74) is 0. The normalized spacial score (nSPS) is 36.8. The van der Waals surface area contributed by atoms with E-state index in [9.17, 15) is 8.42 Å². The average Bonchev–Trinajstić information content (AvgIpc) is 2.78. The smallest absolute Gasteiger partial charge is 0.159 e. The van der Waals surface area contributed by atoms with Gasteiger partial charge in [-0.1, -0.05) is 22.9 Å². The molecule has 76 valence electrons. The fourth-order valence-electron chi connectivity index (χ4n) is 2.07. The molecule has 0 N–H and O–H groups in total. The summed E-state index contributed by atoms with van der Waals surface area (Å²) in [5, 5.41) is 0.607. The van der Waals surface area contributed by atoms with Gasteiger partial charge in [0.25, 0.3) is 0 Å². The molecule has 0 spiro atoms. The SMILES string of the molecule is CC1CC(S(=O)(=O)C2(CBr)CC2)C1. The average molecular weight is 267 g/mol. The molecular formula is C9H15BrO2S. The molecule has 2 aliphatic carbocycles. The molecule has 0 unspecified atom stereocenters. The molecule has 0 aliphatic heterocycles. The van der Waals surface area contributed by atoms with Crippen LogP contribution in [0.4, 0.5) is 0 Å². The second kappa shape index (κ2) is 2.96. The lowest BCUT2D eigenvalue weighted by molar-refractivity contribution is 0.342. The molecule has 2 aliphatic rings. The second-order valence-corrected chi connectivity index (χ2v) is 7.74. The number of rotatable bonds is 3. The van der Waals surface area contributed by atoms with E-state index in [1.165, 1.54) is 0 Å². The first-order valence-corrected chi connectivity index (χ1v) is 7.48. The van der Waals surface area contributed by atoms with Crippen LogP contribution in [0.25, 0.3) is 0 Å². The van der Waals surface area contributed by atoms with E-state index in [-0.39, 0.29) is 10.00 Å². The van der Waals surface area contributed by atoms with Crippen LogP contribution in [0.2, 0.25) is 0 Å². The van der Waals surface area contributed by atoms with Gasteiger partial charge in [0, 0.05) is 5.33 Å². The van der Waals surface area contributed by atoms with Crippen LogP contribution < -0.4 is 0 Å². The van der Waals surface area contributed by atoms with Gasteiger partial charge in [-0.3, -0.25) is 0 Å². The van der Waals surface area contributed by atoms with Crippen molar-refractivity contribution in [1.82, 2.24) is 0 Å². The highest BCUT2D eigenvalue weighted by atomic mass is 79.9. The molecule has 0 atom stereocenters. The van der Waals surface area contributed by atoms with Crippen molar-refractivity contribution in [3.05, 3.63) is 0 Å². The highest BCUT2D eigenvalue weighted by molar-refractivity contribution is 9.09. The van der Waals surface area contributed by atoms with Gasteiger partial charge in [-0.05, 0) is 31.6 Å². The molecule has 13 heavy (non-hydrogen) atoms. The molecule has 0 saturated heterocycles. The lowest BCUT2D eigenvalue weighted by Gasteiger charge is -2.34. The lowest BCUT2D eigenvalue weighted by Crippen LogP contribution is -2.42. The first-order chi connectivity index (χ1) is 6.02. The Morgan fingerprint density at radius 2 is 1.92 bits per heavy atom. The molecule has 2 fully saturated rings. The van der Waals surface area contributed by atoms with Crippen LogP contribution in [-0.2, 0) is 9.84 Å². The van der Waals surface area contributed by atoms with Crippen LogP contribution in [0.5, 0.6) is 0 Å². The maximum absolute atomic E-state index is 12.0. The molecule has 0 bridgehead atoms. The van der Waals surface area contributed by atoms with Crippen molar-refractivity contribution >= 4 is 25.8 Å². The van der Waals surface area contributed by atoms with E-state index < -0.39 is 9.84 Å². The maximum Gasteiger partial charge on any atom is 0.159 e. The van der Waals surface area contributed by atoms with E-state index in [0.29, 0.717) is 11.2 Å². The molecule has 4 heteroatoms. The quantitative estimate of drug-likeness (QED) is 0.734. The number of halogens is 1. The van der Waals surface area contributed by atoms with Gasteiger partial charge in [0.1, 0.15) is 0 Å². The van der Waals surface area contributed by atoms with E-state index >= 15 is 0 Å². The van der Waals surface area contributed by atoms with Crippen LogP contribution >= 0.6 is 15.9 Å². The Kier molecular flexibility index (Phi) is 2.27. The zero-order valence-corrected chi connectivity index (χ0v) is 10.2. The number of sulfone groups is 1. The Morgan fingerprint density at radius 1 is 1.38 bits per heavy atom. The minimum absolute atomic E-state index is 0.0254. The van der Waals surface area contributed by atoms with Crippen molar-refractivity contribution in [2.45, 2.75) is 42.6 Å².